The first-order valence-electron chi connectivity index (χ1n) is 5.44. The Labute approximate surface area is 106 Å². The molecule has 4 nitrogen and oxygen atoms in total. The highest BCUT2D eigenvalue weighted by Gasteiger charge is 2.21. The molecule has 2 atom stereocenters. The number of aliphatic hydroxyl groups excluding tert-OH is 2. The molecule has 0 aliphatic heterocycles. The van der Waals surface area contributed by atoms with Gasteiger partial charge in [-0.05, 0) is 32.1 Å². The third-order valence-corrected chi connectivity index (χ3v) is 2.80. The van der Waals surface area contributed by atoms with Crippen LogP contribution in [-0.4, -0.2) is 37.0 Å². The fourth-order valence-corrected chi connectivity index (χ4v) is 1.75. The zero-order valence-electron chi connectivity index (χ0n) is 9.98. The third-order valence-electron chi connectivity index (χ3n) is 2.57. The van der Waals surface area contributed by atoms with E-state index in [0.29, 0.717) is 29.3 Å². The molecule has 1 aromatic rings. The van der Waals surface area contributed by atoms with Crippen LogP contribution in [0.2, 0.25) is 5.02 Å². The minimum Gasteiger partial charge on any atom is -0.496 e. The standard InChI is InChI=1S/C12H18ClNO3/c1-14-6-5-10(15)12(16)9-4-3-8(13)7-11(9)17-2/h3-4,7,10,12,14-16H,5-6H2,1-2H3. The van der Waals surface area contributed by atoms with Crippen LogP contribution < -0.4 is 10.1 Å². The molecular formula is C12H18ClNO3. The van der Waals surface area contributed by atoms with E-state index in [2.05, 4.69) is 5.32 Å². The van der Waals surface area contributed by atoms with Crippen molar-refractivity contribution in [1.82, 2.24) is 5.32 Å². The molecule has 96 valence electrons. The van der Waals surface area contributed by atoms with Gasteiger partial charge in [0.25, 0.3) is 0 Å². The average molecular weight is 260 g/mol. The molecule has 3 N–H and O–H groups in total. The lowest BCUT2D eigenvalue weighted by Crippen LogP contribution is -2.23. The van der Waals surface area contributed by atoms with Crippen molar-refractivity contribution in [1.29, 1.82) is 0 Å². The summed E-state index contributed by atoms with van der Waals surface area (Å²) in [5.41, 5.74) is 0.542. The van der Waals surface area contributed by atoms with E-state index in [1.807, 2.05) is 0 Å². The number of hydrogen-bond donors (Lipinski definition) is 3. The largest absolute Gasteiger partial charge is 0.496 e. The Morgan fingerprint density at radius 2 is 2.12 bits per heavy atom. The number of methoxy groups -OCH3 is 1. The molecule has 0 aliphatic carbocycles. The summed E-state index contributed by atoms with van der Waals surface area (Å²) in [7, 11) is 3.30. The molecule has 17 heavy (non-hydrogen) atoms. The van der Waals surface area contributed by atoms with E-state index in [9.17, 15) is 10.2 Å². The molecule has 5 heteroatoms. The Hall–Kier alpha value is -0.810. The van der Waals surface area contributed by atoms with Crippen LogP contribution in [0, 0.1) is 0 Å². The Bertz CT molecular complexity index is 360. The first kappa shape index (κ1) is 14.3. The molecule has 0 saturated heterocycles. The van der Waals surface area contributed by atoms with Gasteiger partial charge in [-0.2, -0.15) is 0 Å². The van der Waals surface area contributed by atoms with E-state index in [1.165, 1.54) is 7.11 Å². The van der Waals surface area contributed by atoms with Crippen molar-refractivity contribution < 1.29 is 14.9 Å². The van der Waals surface area contributed by atoms with Crippen LogP contribution in [0.5, 0.6) is 5.75 Å². The molecule has 0 aliphatic rings. The quantitative estimate of drug-likeness (QED) is 0.722. The lowest BCUT2D eigenvalue weighted by Gasteiger charge is -2.20. The summed E-state index contributed by atoms with van der Waals surface area (Å²) in [5, 5.41) is 23.3. The van der Waals surface area contributed by atoms with E-state index in [4.69, 9.17) is 16.3 Å². The smallest absolute Gasteiger partial charge is 0.126 e. The van der Waals surface area contributed by atoms with Crippen molar-refractivity contribution in [3.05, 3.63) is 28.8 Å². The van der Waals surface area contributed by atoms with E-state index >= 15 is 0 Å². The van der Waals surface area contributed by atoms with Gasteiger partial charge in [-0.1, -0.05) is 17.7 Å². The summed E-state index contributed by atoms with van der Waals surface area (Å²) < 4.78 is 5.13. The number of rotatable bonds is 6. The van der Waals surface area contributed by atoms with Gasteiger partial charge in [-0.3, -0.25) is 0 Å². The number of benzene rings is 1. The number of halogens is 1. The van der Waals surface area contributed by atoms with Crippen molar-refractivity contribution in [2.75, 3.05) is 20.7 Å². The first-order valence-corrected chi connectivity index (χ1v) is 5.82. The van der Waals surface area contributed by atoms with Crippen LogP contribution in [0.1, 0.15) is 18.1 Å². The summed E-state index contributed by atoms with van der Waals surface area (Å²) >= 11 is 5.83. The first-order chi connectivity index (χ1) is 8.10. The van der Waals surface area contributed by atoms with E-state index in [1.54, 1.807) is 25.2 Å². The summed E-state index contributed by atoms with van der Waals surface area (Å²) in [6, 6.07) is 4.94. The number of hydrogen-bond acceptors (Lipinski definition) is 4. The van der Waals surface area contributed by atoms with Crippen molar-refractivity contribution in [2.24, 2.45) is 0 Å². The average Bonchev–Trinajstić information content (AvgIpc) is 2.34. The summed E-state index contributed by atoms with van der Waals surface area (Å²) in [5.74, 6) is 0.480. The van der Waals surface area contributed by atoms with Crippen LogP contribution in [-0.2, 0) is 0 Å². The summed E-state index contributed by atoms with van der Waals surface area (Å²) in [6.07, 6.45) is -1.35. The van der Waals surface area contributed by atoms with E-state index in [0.717, 1.165) is 0 Å². The Balaban J connectivity index is 2.83. The summed E-state index contributed by atoms with van der Waals surface area (Å²) in [4.78, 5) is 0. The van der Waals surface area contributed by atoms with Gasteiger partial charge in [0, 0.05) is 10.6 Å². The zero-order chi connectivity index (χ0) is 12.8. The monoisotopic (exact) mass is 259 g/mol. The molecule has 0 amide bonds. The van der Waals surface area contributed by atoms with Crippen molar-refractivity contribution in [3.8, 4) is 5.75 Å². The maximum Gasteiger partial charge on any atom is 0.126 e. The Kier molecular flexibility index (Phi) is 5.71. The molecular weight excluding hydrogens is 242 g/mol. The van der Waals surface area contributed by atoms with Crippen molar-refractivity contribution in [3.63, 3.8) is 0 Å². The zero-order valence-corrected chi connectivity index (χ0v) is 10.7. The molecule has 1 rings (SSSR count). The molecule has 1 aromatic carbocycles. The van der Waals surface area contributed by atoms with Crippen molar-refractivity contribution >= 4 is 11.6 Å². The Morgan fingerprint density at radius 3 is 2.71 bits per heavy atom. The minimum atomic E-state index is -0.976. The highest BCUT2D eigenvalue weighted by atomic mass is 35.5. The van der Waals surface area contributed by atoms with Gasteiger partial charge in [-0.15, -0.1) is 0 Å². The van der Waals surface area contributed by atoms with Gasteiger partial charge >= 0.3 is 0 Å². The van der Waals surface area contributed by atoms with Gasteiger partial charge in [0.1, 0.15) is 11.9 Å². The van der Waals surface area contributed by atoms with Crippen LogP contribution >= 0.6 is 11.6 Å². The van der Waals surface area contributed by atoms with Gasteiger partial charge in [0.05, 0.1) is 13.2 Å². The second-order valence-electron chi connectivity index (χ2n) is 3.79. The van der Waals surface area contributed by atoms with Gasteiger partial charge in [0.15, 0.2) is 0 Å². The lowest BCUT2D eigenvalue weighted by molar-refractivity contribution is 0.0127. The highest BCUT2D eigenvalue weighted by molar-refractivity contribution is 6.30. The molecule has 0 aromatic heterocycles. The fraction of sp³-hybridized carbons (Fsp3) is 0.500. The van der Waals surface area contributed by atoms with Crippen LogP contribution in [0.15, 0.2) is 18.2 Å². The predicted molar refractivity (Wildman–Crippen MR) is 67.5 cm³/mol. The number of nitrogens with one attached hydrogen (secondary N) is 1. The maximum atomic E-state index is 10.0. The fourth-order valence-electron chi connectivity index (χ4n) is 1.59. The summed E-state index contributed by atoms with van der Waals surface area (Å²) in [6.45, 7) is 0.633. The molecule has 0 heterocycles. The molecule has 0 saturated carbocycles. The minimum absolute atomic E-state index is 0.462. The molecule has 0 spiro atoms. The van der Waals surface area contributed by atoms with E-state index in [-0.39, 0.29) is 0 Å². The number of aliphatic hydroxyl groups is 2. The van der Waals surface area contributed by atoms with E-state index < -0.39 is 12.2 Å². The molecule has 2 unspecified atom stereocenters. The van der Waals surface area contributed by atoms with Crippen LogP contribution in [0.25, 0.3) is 0 Å². The normalized spacial score (nSPS) is 14.4. The maximum absolute atomic E-state index is 10.0. The molecule has 0 bridgehead atoms. The van der Waals surface area contributed by atoms with Crippen LogP contribution in [0.4, 0.5) is 0 Å². The third kappa shape index (κ3) is 3.85. The molecule has 0 fully saturated rings. The SMILES string of the molecule is CNCCC(O)C(O)c1ccc(Cl)cc1OC. The van der Waals surface area contributed by atoms with Crippen LogP contribution in [0.3, 0.4) is 0 Å². The highest BCUT2D eigenvalue weighted by Crippen LogP contribution is 2.30. The number of ether oxygens (including phenoxy) is 1. The topological polar surface area (TPSA) is 61.7 Å². The predicted octanol–water partition coefficient (Wildman–Crippen LogP) is 1.35. The lowest BCUT2D eigenvalue weighted by atomic mass is 10.0. The Morgan fingerprint density at radius 1 is 1.41 bits per heavy atom. The van der Waals surface area contributed by atoms with Gasteiger partial charge in [0.2, 0.25) is 0 Å². The second kappa shape index (κ2) is 6.81. The van der Waals surface area contributed by atoms with Gasteiger partial charge in [-0.25, -0.2) is 0 Å². The van der Waals surface area contributed by atoms with Gasteiger partial charge < -0.3 is 20.3 Å². The second-order valence-corrected chi connectivity index (χ2v) is 4.23. The van der Waals surface area contributed by atoms with Crippen molar-refractivity contribution in [2.45, 2.75) is 18.6 Å². The molecule has 0 radical (unpaired) electrons.